The first-order valence-corrected chi connectivity index (χ1v) is 9.20. The van der Waals surface area contributed by atoms with Crippen molar-refractivity contribution in [3.63, 3.8) is 0 Å². The van der Waals surface area contributed by atoms with E-state index < -0.39 is 0 Å². The Morgan fingerprint density at radius 1 is 1.43 bits per heavy atom. The number of aromatic nitrogens is 4. The van der Waals surface area contributed by atoms with Crippen molar-refractivity contribution in [2.24, 2.45) is 0 Å². The van der Waals surface area contributed by atoms with Crippen molar-refractivity contribution in [1.29, 1.82) is 0 Å². The highest BCUT2D eigenvalue weighted by Gasteiger charge is 2.29. The summed E-state index contributed by atoms with van der Waals surface area (Å²) >= 11 is 0. The summed E-state index contributed by atoms with van der Waals surface area (Å²) in [7, 11) is 5.56. The molecule has 1 fully saturated rings. The molecule has 0 saturated carbocycles. The van der Waals surface area contributed by atoms with Gasteiger partial charge >= 0.3 is 6.03 Å². The lowest BCUT2D eigenvalue weighted by Crippen LogP contribution is -2.45. The third kappa shape index (κ3) is 4.57. The number of methoxy groups -OCH3 is 1. The number of morpholine rings is 1. The van der Waals surface area contributed by atoms with Crippen LogP contribution in [-0.2, 0) is 16.0 Å². The maximum atomic E-state index is 12.8. The molecule has 1 aromatic heterocycles. The summed E-state index contributed by atoms with van der Waals surface area (Å²) in [5.74, 6) is 0.598. The van der Waals surface area contributed by atoms with E-state index >= 15 is 0 Å². The predicted octanol–water partition coefficient (Wildman–Crippen LogP) is 1.30. The van der Waals surface area contributed by atoms with Gasteiger partial charge in [0.15, 0.2) is 5.82 Å². The molecule has 2 aromatic rings. The predicted molar refractivity (Wildman–Crippen MR) is 104 cm³/mol. The molecule has 10 heteroatoms. The van der Waals surface area contributed by atoms with Gasteiger partial charge in [-0.15, -0.1) is 5.10 Å². The molecule has 1 aromatic carbocycles. The zero-order chi connectivity index (χ0) is 20.1. The SMILES string of the molecule is COCCn1nnnc1[C@H]1CN(C(=O)Nc2cc(N(C)C)ccc2C)CCO1. The molecule has 1 saturated heterocycles. The number of rotatable bonds is 6. The highest BCUT2D eigenvalue weighted by atomic mass is 16.5. The number of anilines is 2. The summed E-state index contributed by atoms with van der Waals surface area (Å²) < 4.78 is 12.6. The van der Waals surface area contributed by atoms with Crippen LogP contribution in [0.25, 0.3) is 0 Å². The summed E-state index contributed by atoms with van der Waals surface area (Å²) in [6.45, 7) is 4.31. The van der Waals surface area contributed by atoms with E-state index in [1.54, 1.807) is 16.7 Å². The van der Waals surface area contributed by atoms with Gasteiger partial charge in [-0.3, -0.25) is 0 Å². The molecule has 1 atom stereocenters. The minimum Gasteiger partial charge on any atom is -0.383 e. The number of hydrogen-bond acceptors (Lipinski definition) is 7. The molecule has 3 rings (SSSR count). The van der Waals surface area contributed by atoms with Gasteiger partial charge in [-0.1, -0.05) is 6.07 Å². The van der Waals surface area contributed by atoms with Crippen LogP contribution in [0.15, 0.2) is 18.2 Å². The number of carbonyl (C=O) groups excluding carboxylic acids is 1. The number of carbonyl (C=O) groups is 1. The van der Waals surface area contributed by atoms with Crippen LogP contribution >= 0.6 is 0 Å². The molecule has 28 heavy (non-hydrogen) atoms. The fourth-order valence-corrected chi connectivity index (χ4v) is 2.99. The zero-order valence-electron chi connectivity index (χ0n) is 16.8. The number of aryl methyl sites for hydroxylation is 1. The first kappa shape index (κ1) is 20.0. The molecule has 1 aliphatic heterocycles. The molecule has 0 radical (unpaired) electrons. The minimum atomic E-state index is -0.374. The van der Waals surface area contributed by atoms with Crippen LogP contribution in [0.3, 0.4) is 0 Å². The van der Waals surface area contributed by atoms with Crippen molar-refractivity contribution in [2.45, 2.75) is 19.6 Å². The van der Waals surface area contributed by atoms with Crippen LogP contribution in [0, 0.1) is 6.92 Å². The fraction of sp³-hybridized carbons (Fsp3) is 0.556. The summed E-state index contributed by atoms with van der Waals surface area (Å²) in [6, 6.07) is 5.83. The molecular formula is C18H27N7O3. The summed E-state index contributed by atoms with van der Waals surface area (Å²) in [5.41, 5.74) is 2.83. The second kappa shape index (κ2) is 8.98. The number of hydrogen-bond donors (Lipinski definition) is 1. The van der Waals surface area contributed by atoms with E-state index in [9.17, 15) is 4.79 Å². The van der Waals surface area contributed by atoms with E-state index in [4.69, 9.17) is 9.47 Å². The molecule has 10 nitrogen and oxygen atoms in total. The van der Waals surface area contributed by atoms with Crippen LogP contribution in [0.5, 0.6) is 0 Å². The van der Waals surface area contributed by atoms with E-state index in [0.717, 1.165) is 16.9 Å². The highest BCUT2D eigenvalue weighted by molar-refractivity contribution is 5.91. The van der Waals surface area contributed by atoms with Crippen molar-refractivity contribution in [3.05, 3.63) is 29.6 Å². The fourth-order valence-electron chi connectivity index (χ4n) is 2.99. The van der Waals surface area contributed by atoms with Gasteiger partial charge in [-0.25, -0.2) is 9.48 Å². The van der Waals surface area contributed by atoms with Crippen LogP contribution in [0.1, 0.15) is 17.5 Å². The van der Waals surface area contributed by atoms with Crippen molar-refractivity contribution < 1.29 is 14.3 Å². The second-order valence-electron chi connectivity index (χ2n) is 6.88. The molecule has 2 amide bonds. The van der Waals surface area contributed by atoms with Gasteiger partial charge in [0.25, 0.3) is 0 Å². The van der Waals surface area contributed by atoms with Gasteiger partial charge in [0.05, 0.1) is 26.3 Å². The monoisotopic (exact) mass is 389 g/mol. The maximum Gasteiger partial charge on any atom is 0.322 e. The number of tetrazole rings is 1. The van der Waals surface area contributed by atoms with Gasteiger partial charge < -0.3 is 24.6 Å². The maximum absolute atomic E-state index is 12.8. The molecule has 0 spiro atoms. The Balaban J connectivity index is 1.68. The Hall–Kier alpha value is -2.72. The Bertz CT molecular complexity index is 808. The lowest BCUT2D eigenvalue weighted by Gasteiger charge is -2.32. The normalized spacial score (nSPS) is 16.9. The van der Waals surface area contributed by atoms with Crippen LogP contribution in [-0.4, -0.2) is 78.6 Å². The van der Waals surface area contributed by atoms with Crippen molar-refractivity contribution >= 4 is 17.4 Å². The zero-order valence-corrected chi connectivity index (χ0v) is 16.8. The van der Waals surface area contributed by atoms with Crippen LogP contribution < -0.4 is 10.2 Å². The number of urea groups is 1. The van der Waals surface area contributed by atoms with Crippen molar-refractivity contribution in [2.75, 3.05) is 57.7 Å². The average molecular weight is 389 g/mol. The Morgan fingerprint density at radius 2 is 2.25 bits per heavy atom. The first-order chi connectivity index (χ1) is 13.5. The molecule has 152 valence electrons. The lowest BCUT2D eigenvalue weighted by atomic mass is 10.1. The van der Waals surface area contributed by atoms with Crippen molar-refractivity contribution in [1.82, 2.24) is 25.1 Å². The number of ether oxygens (including phenoxy) is 2. The smallest absolute Gasteiger partial charge is 0.322 e. The molecule has 0 aliphatic carbocycles. The number of amides is 2. The van der Waals surface area contributed by atoms with Gasteiger partial charge in [-0.05, 0) is 35.0 Å². The van der Waals surface area contributed by atoms with Crippen LogP contribution in [0.2, 0.25) is 0 Å². The lowest BCUT2D eigenvalue weighted by molar-refractivity contribution is -0.0209. The second-order valence-corrected chi connectivity index (χ2v) is 6.88. The van der Waals surface area contributed by atoms with Gasteiger partial charge in [0, 0.05) is 39.1 Å². The number of benzene rings is 1. The number of nitrogens with one attached hydrogen (secondary N) is 1. The van der Waals surface area contributed by atoms with Gasteiger partial charge in [-0.2, -0.15) is 0 Å². The largest absolute Gasteiger partial charge is 0.383 e. The Morgan fingerprint density at radius 3 is 3.00 bits per heavy atom. The topological polar surface area (TPSA) is 97.6 Å². The van der Waals surface area contributed by atoms with Crippen molar-refractivity contribution in [3.8, 4) is 0 Å². The Labute approximate surface area is 164 Å². The van der Waals surface area contributed by atoms with E-state index in [-0.39, 0.29) is 12.1 Å². The Kier molecular flexibility index (Phi) is 6.42. The third-order valence-electron chi connectivity index (χ3n) is 4.69. The molecule has 1 aliphatic rings. The molecule has 0 bridgehead atoms. The van der Waals surface area contributed by atoms with E-state index in [2.05, 4.69) is 20.8 Å². The highest BCUT2D eigenvalue weighted by Crippen LogP contribution is 2.24. The molecule has 1 N–H and O–H groups in total. The van der Waals surface area contributed by atoms with Gasteiger partial charge in [0.2, 0.25) is 0 Å². The van der Waals surface area contributed by atoms with E-state index in [1.165, 1.54) is 0 Å². The summed E-state index contributed by atoms with van der Waals surface area (Å²) in [5, 5.41) is 14.8. The van der Waals surface area contributed by atoms with Gasteiger partial charge in [0.1, 0.15) is 6.10 Å². The third-order valence-corrected chi connectivity index (χ3v) is 4.69. The molecular weight excluding hydrogens is 362 g/mol. The number of nitrogens with zero attached hydrogens (tertiary/aromatic N) is 6. The first-order valence-electron chi connectivity index (χ1n) is 9.20. The standard InChI is InChI=1S/C18H27N7O3/c1-13-5-6-14(23(2)3)11-15(13)19-18(26)24-7-10-28-16(12-24)17-20-21-22-25(17)8-9-27-4/h5-6,11,16H,7-10,12H2,1-4H3,(H,19,26)/t16-/m1/s1. The van der Waals surface area contributed by atoms with Crippen LogP contribution in [0.4, 0.5) is 16.2 Å². The summed E-state index contributed by atoms with van der Waals surface area (Å²) in [4.78, 5) is 16.6. The molecule has 0 unspecified atom stereocenters. The van der Waals surface area contributed by atoms with E-state index in [0.29, 0.717) is 38.7 Å². The van der Waals surface area contributed by atoms with E-state index in [1.807, 2.05) is 44.1 Å². The average Bonchev–Trinajstić information content (AvgIpc) is 3.16. The summed E-state index contributed by atoms with van der Waals surface area (Å²) in [6.07, 6.45) is -0.374. The minimum absolute atomic E-state index is 0.164. The quantitative estimate of drug-likeness (QED) is 0.795. The molecule has 2 heterocycles.